The first-order valence-corrected chi connectivity index (χ1v) is 9.17. The van der Waals surface area contributed by atoms with E-state index in [2.05, 4.69) is 20.6 Å². The van der Waals surface area contributed by atoms with Crippen molar-refractivity contribution >= 4 is 41.3 Å². The minimum absolute atomic E-state index is 0. The van der Waals surface area contributed by atoms with Gasteiger partial charge in [-0.15, -0.1) is 35.3 Å². The zero-order valence-corrected chi connectivity index (χ0v) is 18.3. The molecule has 0 aliphatic carbocycles. The Morgan fingerprint density at radius 1 is 1.10 bits per heavy atom. The van der Waals surface area contributed by atoms with E-state index in [4.69, 9.17) is 0 Å². The number of rotatable bonds is 6. The molecule has 12 heteroatoms. The Morgan fingerprint density at radius 3 is 2.41 bits per heavy atom. The Bertz CT molecular complexity index is 804. The van der Waals surface area contributed by atoms with Crippen LogP contribution in [0.25, 0.3) is 0 Å². The predicted octanol–water partition coefficient (Wildman–Crippen LogP) is 5.10. The number of hydrogen-bond acceptors (Lipinski definition) is 3. The molecule has 4 nitrogen and oxygen atoms in total. The first-order chi connectivity index (χ1) is 13.1. The molecule has 2 N–H and O–H groups in total. The number of aromatic nitrogens is 1. The number of benzene rings is 1. The van der Waals surface area contributed by atoms with E-state index >= 15 is 0 Å². The Hall–Kier alpha value is -1.57. The lowest BCUT2D eigenvalue weighted by Gasteiger charge is -2.11. The molecule has 0 aliphatic heterocycles. The summed E-state index contributed by atoms with van der Waals surface area (Å²) in [4.78, 5) is 7.75. The Morgan fingerprint density at radius 2 is 1.83 bits per heavy atom. The monoisotopic (exact) mass is 552 g/mol. The van der Waals surface area contributed by atoms with Gasteiger partial charge in [0.25, 0.3) is 0 Å². The molecule has 29 heavy (non-hydrogen) atoms. The summed E-state index contributed by atoms with van der Waals surface area (Å²) in [7, 11) is 0. The van der Waals surface area contributed by atoms with E-state index in [0.717, 1.165) is 28.8 Å². The highest BCUT2D eigenvalue weighted by Gasteiger charge is 2.33. The van der Waals surface area contributed by atoms with Gasteiger partial charge in [-0.3, -0.25) is 0 Å². The van der Waals surface area contributed by atoms with Crippen LogP contribution in [0.4, 0.5) is 26.3 Å². The largest absolute Gasteiger partial charge is 0.434 e. The highest BCUT2D eigenvalue weighted by Crippen LogP contribution is 2.30. The summed E-state index contributed by atoms with van der Waals surface area (Å²) >= 11 is 0.918. The lowest BCUT2D eigenvalue weighted by Crippen LogP contribution is -2.38. The van der Waals surface area contributed by atoms with Crippen LogP contribution >= 0.6 is 35.3 Å². The van der Waals surface area contributed by atoms with Crippen molar-refractivity contribution in [2.24, 2.45) is 4.99 Å². The Balaban J connectivity index is 0.00000420. The quantitative estimate of drug-likeness (QED) is 0.227. The van der Waals surface area contributed by atoms with Crippen LogP contribution in [0.3, 0.4) is 0 Å². The number of aliphatic imine (C=N–C) groups is 1. The number of nitrogens with zero attached hydrogens (tertiary/aromatic N) is 2. The zero-order valence-electron chi connectivity index (χ0n) is 15.2. The molecule has 0 bridgehead atoms. The number of halogens is 7. The van der Waals surface area contributed by atoms with Gasteiger partial charge in [0, 0.05) is 24.9 Å². The second-order valence-electron chi connectivity index (χ2n) is 5.69. The summed E-state index contributed by atoms with van der Waals surface area (Å²) in [5.41, 5.74) is -1.28. The fraction of sp³-hybridized carbons (Fsp3) is 0.412. The van der Waals surface area contributed by atoms with Crippen molar-refractivity contribution in [3.05, 3.63) is 51.5 Å². The summed E-state index contributed by atoms with van der Waals surface area (Å²) in [6.45, 7) is 2.63. The van der Waals surface area contributed by atoms with Crippen LogP contribution in [0.15, 0.2) is 34.6 Å². The van der Waals surface area contributed by atoms with Crippen molar-refractivity contribution in [2.45, 2.75) is 32.2 Å². The van der Waals surface area contributed by atoms with E-state index in [1.807, 2.05) is 6.92 Å². The van der Waals surface area contributed by atoms with Crippen molar-refractivity contribution in [1.82, 2.24) is 15.6 Å². The predicted molar refractivity (Wildman–Crippen MR) is 110 cm³/mol. The molecule has 0 saturated heterocycles. The van der Waals surface area contributed by atoms with Crippen LogP contribution in [0.1, 0.15) is 28.8 Å². The van der Waals surface area contributed by atoms with Crippen LogP contribution in [-0.2, 0) is 25.3 Å². The molecule has 0 aliphatic rings. The van der Waals surface area contributed by atoms with Crippen molar-refractivity contribution in [3.8, 4) is 0 Å². The van der Waals surface area contributed by atoms with Gasteiger partial charge in [0.1, 0.15) is 0 Å². The second kappa shape index (κ2) is 11.0. The maximum absolute atomic E-state index is 12.8. The van der Waals surface area contributed by atoms with Gasteiger partial charge in [0.2, 0.25) is 0 Å². The minimum Gasteiger partial charge on any atom is -0.357 e. The number of alkyl halides is 6. The molecule has 162 valence electrons. The Labute approximate surface area is 184 Å². The summed E-state index contributed by atoms with van der Waals surface area (Å²) in [5, 5.41) is 7.16. The summed E-state index contributed by atoms with van der Waals surface area (Å²) < 4.78 is 75.9. The maximum Gasteiger partial charge on any atom is 0.434 e. The lowest BCUT2D eigenvalue weighted by molar-refractivity contribution is -0.141. The van der Waals surface area contributed by atoms with Gasteiger partial charge in [0.05, 0.1) is 17.1 Å². The van der Waals surface area contributed by atoms with Crippen molar-refractivity contribution < 1.29 is 26.3 Å². The molecule has 0 spiro atoms. The van der Waals surface area contributed by atoms with Crippen LogP contribution in [-0.4, -0.2) is 24.0 Å². The molecule has 1 aromatic carbocycles. The first kappa shape index (κ1) is 25.5. The van der Waals surface area contributed by atoms with Crippen LogP contribution < -0.4 is 10.6 Å². The molecule has 1 aromatic heterocycles. The third-order valence-electron chi connectivity index (χ3n) is 3.49. The van der Waals surface area contributed by atoms with Gasteiger partial charge in [-0.25, -0.2) is 9.98 Å². The third kappa shape index (κ3) is 8.36. The average Bonchev–Trinajstić information content (AvgIpc) is 3.08. The van der Waals surface area contributed by atoms with E-state index in [1.54, 1.807) is 0 Å². The highest BCUT2D eigenvalue weighted by molar-refractivity contribution is 14.0. The standard InChI is InChI=1S/C17H18F6N4S.HI/c1-2-24-15(25-7-6-14-27-13(10-28-14)17(21,22)23)26-9-11-4-3-5-12(8-11)16(18,19)20;/h3-5,8,10H,2,6-7,9H2,1H3,(H2,24,25,26);1H. The molecule has 0 fully saturated rings. The van der Waals surface area contributed by atoms with Gasteiger partial charge < -0.3 is 10.6 Å². The number of nitrogens with one attached hydrogen (secondary N) is 2. The van der Waals surface area contributed by atoms with Gasteiger partial charge in [0.15, 0.2) is 11.7 Å². The highest BCUT2D eigenvalue weighted by atomic mass is 127. The normalized spacial score (nSPS) is 12.4. The molecular weight excluding hydrogens is 533 g/mol. The molecule has 0 amide bonds. The second-order valence-corrected chi connectivity index (χ2v) is 6.64. The minimum atomic E-state index is -4.47. The van der Waals surface area contributed by atoms with E-state index in [1.165, 1.54) is 12.1 Å². The summed E-state index contributed by atoms with van der Waals surface area (Å²) in [6.07, 6.45) is -8.64. The van der Waals surface area contributed by atoms with Crippen molar-refractivity contribution in [1.29, 1.82) is 0 Å². The molecule has 0 radical (unpaired) electrons. The Kier molecular flexibility index (Phi) is 9.65. The lowest BCUT2D eigenvalue weighted by atomic mass is 10.1. The van der Waals surface area contributed by atoms with E-state index in [0.29, 0.717) is 23.1 Å². The molecule has 0 atom stereocenters. The first-order valence-electron chi connectivity index (χ1n) is 8.29. The van der Waals surface area contributed by atoms with Crippen LogP contribution in [0.2, 0.25) is 0 Å². The number of hydrogen-bond donors (Lipinski definition) is 2. The van der Waals surface area contributed by atoms with Gasteiger partial charge in [-0.05, 0) is 24.6 Å². The molecule has 0 unspecified atom stereocenters. The topological polar surface area (TPSA) is 49.3 Å². The van der Waals surface area contributed by atoms with E-state index < -0.39 is 23.6 Å². The fourth-order valence-corrected chi connectivity index (χ4v) is 3.01. The SMILES string of the molecule is CCNC(=NCc1cccc(C(F)(F)F)c1)NCCc1nc(C(F)(F)F)cs1.I. The van der Waals surface area contributed by atoms with Crippen LogP contribution in [0, 0.1) is 0 Å². The van der Waals surface area contributed by atoms with Gasteiger partial charge in [-0.2, -0.15) is 26.3 Å². The fourth-order valence-electron chi connectivity index (χ4n) is 2.20. The van der Waals surface area contributed by atoms with E-state index in [9.17, 15) is 26.3 Å². The summed E-state index contributed by atoms with van der Waals surface area (Å²) in [5.74, 6) is 0.354. The molecule has 2 aromatic rings. The third-order valence-corrected chi connectivity index (χ3v) is 4.40. The molecule has 0 saturated carbocycles. The van der Waals surface area contributed by atoms with Gasteiger partial charge in [-0.1, -0.05) is 12.1 Å². The molecule has 2 rings (SSSR count). The summed E-state index contributed by atoms with van der Waals surface area (Å²) in [6, 6.07) is 4.87. The van der Waals surface area contributed by atoms with Crippen molar-refractivity contribution in [3.63, 3.8) is 0 Å². The van der Waals surface area contributed by atoms with E-state index in [-0.39, 0.29) is 43.5 Å². The maximum atomic E-state index is 12.8. The number of guanidine groups is 1. The van der Waals surface area contributed by atoms with Crippen LogP contribution in [0.5, 0.6) is 0 Å². The van der Waals surface area contributed by atoms with Crippen molar-refractivity contribution in [2.75, 3.05) is 13.1 Å². The number of thiazole rings is 1. The smallest absolute Gasteiger partial charge is 0.357 e. The average molecular weight is 552 g/mol. The molecule has 1 heterocycles. The zero-order chi connectivity index (χ0) is 20.8. The van der Waals surface area contributed by atoms with Gasteiger partial charge >= 0.3 is 12.4 Å². The molecular formula is C17H19F6IN4S.